The van der Waals surface area contributed by atoms with Crippen LogP contribution in [0.3, 0.4) is 0 Å². The van der Waals surface area contributed by atoms with E-state index in [0.29, 0.717) is 0 Å². The Morgan fingerprint density at radius 1 is 1.18 bits per heavy atom. The molecular formula is C10H19Sn. The first kappa shape index (κ1) is 11.5. The fraction of sp³-hybridized carbons (Fsp3) is 0.800. The van der Waals surface area contributed by atoms with E-state index in [1.807, 2.05) is 0 Å². The van der Waals surface area contributed by atoms with E-state index in [0.717, 1.165) is 0 Å². The maximum absolute atomic E-state index is 2.44. The number of rotatable bonds is 6. The molecule has 0 atom stereocenters. The first-order chi connectivity index (χ1) is 5.31. The van der Waals surface area contributed by atoms with Gasteiger partial charge in [0.05, 0.1) is 0 Å². The van der Waals surface area contributed by atoms with Gasteiger partial charge in [0.2, 0.25) is 0 Å². The van der Waals surface area contributed by atoms with E-state index in [9.17, 15) is 0 Å². The van der Waals surface area contributed by atoms with Crippen LogP contribution >= 0.6 is 0 Å². The summed E-state index contributed by atoms with van der Waals surface area (Å²) in [5.74, 6) is 0. The molecule has 0 aliphatic carbocycles. The van der Waals surface area contributed by atoms with Crippen molar-refractivity contribution in [3.63, 3.8) is 0 Å². The topological polar surface area (TPSA) is 0 Å². The quantitative estimate of drug-likeness (QED) is 0.505. The van der Waals surface area contributed by atoms with Crippen molar-refractivity contribution >= 4 is 22.5 Å². The van der Waals surface area contributed by atoms with Crippen LogP contribution in [-0.4, -0.2) is 22.5 Å². The third-order valence-corrected chi connectivity index (χ3v) is 3.04. The zero-order chi connectivity index (χ0) is 8.53. The molecule has 63 valence electrons. The Labute approximate surface area is 84.5 Å². The van der Waals surface area contributed by atoms with Crippen LogP contribution in [-0.2, 0) is 0 Å². The molecule has 0 rings (SSSR count). The maximum atomic E-state index is 2.44. The molecule has 0 aliphatic rings. The van der Waals surface area contributed by atoms with Gasteiger partial charge in [-0.05, 0) is 0 Å². The van der Waals surface area contributed by atoms with Gasteiger partial charge in [0, 0.05) is 0 Å². The van der Waals surface area contributed by atoms with Gasteiger partial charge in [0.15, 0.2) is 0 Å². The van der Waals surface area contributed by atoms with Crippen molar-refractivity contribution in [2.45, 2.75) is 52.4 Å². The zero-order valence-electron chi connectivity index (χ0n) is 7.82. The van der Waals surface area contributed by atoms with Gasteiger partial charge in [-0.2, -0.15) is 0 Å². The third kappa shape index (κ3) is 8.44. The van der Waals surface area contributed by atoms with E-state index in [1.165, 1.54) is 38.5 Å². The molecule has 0 unspecified atom stereocenters. The Balaban J connectivity index is 3.30. The SMILES string of the molecule is CCCCC=[C]([Sn])CCCC. The van der Waals surface area contributed by atoms with E-state index in [4.69, 9.17) is 0 Å². The molecule has 0 amide bonds. The van der Waals surface area contributed by atoms with E-state index in [-0.39, 0.29) is 0 Å². The van der Waals surface area contributed by atoms with Crippen LogP contribution in [0.4, 0.5) is 0 Å². The van der Waals surface area contributed by atoms with Crippen molar-refractivity contribution < 1.29 is 0 Å². The second-order valence-electron chi connectivity index (χ2n) is 2.98. The van der Waals surface area contributed by atoms with Crippen molar-refractivity contribution in [2.24, 2.45) is 0 Å². The number of allylic oxidation sites excluding steroid dienone is 2. The second kappa shape index (κ2) is 8.63. The predicted molar refractivity (Wildman–Crippen MR) is 52.9 cm³/mol. The molecule has 0 fully saturated rings. The Morgan fingerprint density at radius 2 is 1.82 bits per heavy atom. The van der Waals surface area contributed by atoms with Gasteiger partial charge in [0.25, 0.3) is 0 Å². The molecule has 0 aromatic rings. The average molecular weight is 258 g/mol. The van der Waals surface area contributed by atoms with Crippen LogP contribution in [0.25, 0.3) is 0 Å². The summed E-state index contributed by atoms with van der Waals surface area (Å²) in [6.45, 7) is 4.51. The van der Waals surface area contributed by atoms with Gasteiger partial charge in [-0.1, -0.05) is 0 Å². The third-order valence-electron chi connectivity index (χ3n) is 1.75. The van der Waals surface area contributed by atoms with Gasteiger partial charge in [-0.25, -0.2) is 0 Å². The van der Waals surface area contributed by atoms with Gasteiger partial charge in [0.1, 0.15) is 0 Å². The normalized spacial score (nSPS) is 12.1. The van der Waals surface area contributed by atoms with Crippen LogP contribution in [0, 0.1) is 0 Å². The first-order valence-electron chi connectivity index (χ1n) is 4.71. The molecule has 0 N–H and O–H groups in total. The Hall–Kier alpha value is 0.539. The van der Waals surface area contributed by atoms with Crippen molar-refractivity contribution in [2.75, 3.05) is 0 Å². The molecular weight excluding hydrogens is 239 g/mol. The predicted octanol–water partition coefficient (Wildman–Crippen LogP) is 3.42. The Morgan fingerprint density at radius 3 is 2.36 bits per heavy atom. The van der Waals surface area contributed by atoms with Crippen LogP contribution in [0.5, 0.6) is 0 Å². The zero-order valence-corrected chi connectivity index (χ0v) is 10.7. The van der Waals surface area contributed by atoms with Crippen LogP contribution in [0.15, 0.2) is 9.67 Å². The van der Waals surface area contributed by atoms with E-state index < -0.39 is 0 Å². The minimum absolute atomic E-state index is 1.31. The van der Waals surface area contributed by atoms with Crippen molar-refractivity contribution in [3.8, 4) is 0 Å². The summed E-state index contributed by atoms with van der Waals surface area (Å²) in [4.78, 5) is 0. The monoisotopic (exact) mass is 259 g/mol. The van der Waals surface area contributed by atoms with Crippen LogP contribution < -0.4 is 0 Å². The molecule has 0 heterocycles. The molecule has 0 aromatic heterocycles. The molecule has 0 aliphatic heterocycles. The summed E-state index contributed by atoms with van der Waals surface area (Å²) in [6, 6.07) is 0. The molecule has 0 nitrogen and oxygen atoms in total. The van der Waals surface area contributed by atoms with Gasteiger partial charge >= 0.3 is 84.6 Å². The second-order valence-corrected chi connectivity index (χ2v) is 4.81. The van der Waals surface area contributed by atoms with Crippen LogP contribution in [0.2, 0.25) is 0 Å². The molecule has 0 saturated heterocycles. The van der Waals surface area contributed by atoms with Gasteiger partial charge < -0.3 is 0 Å². The molecule has 3 radical (unpaired) electrons. The Kier molecular flexibility index (Phi) is 9.06. The summed E-state index contributed by atoms with van der Waals surface area (Å²) in [5.41, 5.74) is 0. The first-order valence-corrected chi connectivity index (χ1v) is 6.14. The summed E-state index contributed by atoms with van der Waals surface area (Å²) in [6.07, 6.45) is 10.5. The number of unbranched alkanes of at least 4 members (excludes halogenated alkanes) is 3. The van der Waals surface area contributed by atoms with Crippen molar-refractivity contribution in [3.05, 3.63) is 9.67 Å². The standard InChI is InChI=1S/C10H19.Sn/c1-3-5-7-9-10-8-6-4-2;/h9H,3-8H2,1-2H3;. The van der Waals surface area contributed by atoms with E-state index >= 15 is 0 Å². The fourth-order valence-corrected chi connectivity index (χ4v) is 1.87. The summed E-state index contributed by atoms with van der Waals surface area (Å²) in [5, 5.41) is 0. The molecule has 0 aromatic carbocycles. The molecule has 11 heavy (non-hydrogen) atoms. The van der Waals surface area contributed by atoms with Gasteiger partial charge in [-0.3, -0.25) is 0 Å². The molecule has 0 bridgehead atoms. The van der Waals surface area contributed by atoms with Crippen molar-refractivity contribution in [1.29, 1.82) is 0 Å². The fourth-order valence-electron chi connectivity index (χ4n) is 0.950. The average Bonchev–Trinajstić information content (AvgIpc) is 2.01. The van der Waals surface area contributed by atoms with E-state index in [2.05, 4.69) is 19.9 Å². The summed E-state index contributed by atoms with van der Waals surface area (Å²) < 4.78 is 1.67. The summed E-state index contributed by atoms with van der Waals surface area (Å²) >= 11 is 1.62. The van der Waals surface area contributed by atoms with E-state index in [1.54, 1.807) is 26.1 Å². The molecule has 0 saturated carbocycles. The minimum atomic E-state index is 1.31. The van der Waals surface area contributed by atoms with Gasteiger partial charge in [-0.15, -0.1) is 0 Å². The number of hydrogen-bond acceptors (Lipinski definition) is 0. The summed E-state index contributed by atoms with van der Waals surface area (Å²) in [7, 11) is 0. The number of hydrogen-bond donors (Lipinski definition) is 0. The molecule has 1 heteroatoms. The Bertz CT molecular complexity index is 105. The van der Waals surface area contributed by atoms with Crippen molar-refractivity contribution in [1.82, 2.24) is 0 Å². The van der Waals surface area contributed by atoms with Crippen LogP contribution in [0.1, 0.15) is 52.4 Å². The molecule has 0 spiro atoms.